The lowest BCUT2D eigenvalue weighted by Crippen LogP contribution is -2.68. The lowest BCUT2D eigenvalue weighted by molar-refractivity contribution is -0.153. The maximum atomic E-state index is 13.9. The van der Waals surface area contributed by atoms with Crippen LogP contribution in [0.4, 0.5) is 0 Å². The van der Waals surface area contributed by atoms with E-state index in [0.717, 1.165) is 20.0 Å². The number of amides is 1. The fraction of sp³-hybridized carbons (Fsp3) is 0.156. The third-order valence-corrected chi connectivity index (χ3v) is 10.4. The summed E-state index contributed by atoms with van der Waals surface area (Å²) in [7, 11) is 1.59. The molecule has 2 aliphatic rings. The van der Waals surface area contributed by atoms with Crippen molar-refractivity contribution in [1.29, 1.82) is 0 Å². The minimum Gasteiger partial charge on any atom is -0.497 e. The van der Waals surface area contributed by atoms with E-state index in [1.54, 1.807) is 25.3 Å². The van der Waals surface area contributed by atoms with Gasteiger partial charge in [0.25, 0.3) is 0 Å². The zero-order valence-electron chi connectivity index (χ0n) is 22.5. The van der Waals surface area contributed by atoms with E-state index in [0.29, 0.717) is 22.5 Å². The van der Waals surface area contributed by atoms with Gasteiger partial charge in [0.15, 0.2) is 11.5 Å². The van der Waals surface area contributed by atoms with E-state index in [9.17, 15) is 14.4 Å². The van der Waals surface area contributed by atoms with Gasteiger partial charge in [-0.1, -0.05) is 72.4 Å². The van der Waals surface area contributed by atoms with Gasteiger partial charge in [-0.2, -0.15) is 0 Å². The molecule has 1 amide bonds. The first-order valence-corrected chi connectivity index (χ1v) is 15.9. The Morgan fingerprint density at radius 2 is 1.71 bits per heavy atom. The topological polar surface area (TPSA) is 98.9 Å². The van der Waals surface area contributed by atoms with Gasteiger partial charge in [0.05, 0.1) is 11.3 Å². The molecule has 10 heteroatoms. The number of methoxy groups -OCH3 is 1. The highest BCUT2D eigenvalue weighted by Gasteiger charge is 2.52. The van der Waals surface area contributed by atoms with E-state index in [1.165, 1.54) is 39.8 Å². The quantitative estimate of drug-likeness (QED) is 0.153. The predicted molar refractivity (Wildman–Crippen MR) is 169 cm³/mol. The number of esters is 1. The van der Waals surface area contributed by atoms with Crippen LogP contribution in [0, 0.1) is 0 Å². The summed E-state index contributed by atoms with van der Waals surface area (Å²) in [6.45, 7) is 0. The van der Waals surface area contributed by atoms with E-state index in [1.807, 2.05) is 78.2 Å². The molecule has 0 saturated carbocycles. The van der Waals surface area contributed by atoms with Gasteiger partial charge in [-0.05, 0) is 46.4 Å². The van der Waals surface area contributed by atoms with Gasteiger partial charge in [0.2, 0.25) is 5.91 Å². The van der Waals surface area contributed by atoms with Crippen LogP contribution in [-0.2, 0) is 14.3 Å². The Morgan fingerprint density at radius 1 is 1.02 bits per heavy atom. The number of carbonyl (C=O) groups excluding carboxylic acids is 2. The smallest absolute Gasteiger partial charge is 0.356 e. The van der Waals surface area contributed by atoms with Gasteiger partial charge in [0.1, 0.15) is 22.9 Å². The van der Waals surface area contributed by atoms with E-state index in [2.05, 4.69) is 0 Å². The van der Waals surface area contributed by atoms with Crippen molar-refractivity contribution in [3.8, 4) is 5.75 Å². The molecule has 212 valence electrons. The summed E-state index contributed by atoms with van der Waals surface area (Å²) >= 11 is 4.36. The van der Waals surface area contributed by atoms with E-state index < -0.39 is 18.1 Å². The van der Waals surface area contributed by atoms with Crippen LogP contribution in [0.25, 0.3) is 10.1 Å². The van der Waals surface area contributed by atoms with Crippen molar-refractivity contribution < 1.29 is 19.1 Å². The number of thioether (sulfide) groups is 2. The molecular formula is C32H26N2O5S3. The van der Waals surface area contributed by atoms with Crippen LogP contribution in [0.15, 0.2) is 117 Å². The number of nitrogens with zero attached hydrogens (tertiary/aromatic N) is 1. The summed E-state index contributed by atoms with van der Waals surface area (Å²) in [4.78, 5) is 40.9. The molecule has 0 bridgehead atoms. The summed E-state index contributed by atoms with van der Waals surface area (Å²) < 4.78 is 13.1. The van der Waals surface area contributed by atoms with Crippen molar-refractivity contribution in [1.82, 2.24) is 4.90 Å². The predicted octanol–water partition coefficient (Wildman–Crippen LogP) is 5.71. The zero-order valence-corrected chi connectivity index (χ0v) is 24.9. The number of nitrogens with two attached hydrogens (primary N) is 1. The van der Waals surface area contributed by atoms with Gasteiger partial charge in [-0.15, -0.1) is 23.1 Å². The number of rotatable bonds is 8. The molecule has 1 saturated heterocycles. The number of benzene rings is 3. The van der Waals surface area contributed by atoms with Crippen LogP contribution in [0.1, 0.15) is 17.2 Å². The molecule has 0 spiro atoms. The molecule has 3 aromatic carbocycles. The molecule has 6 rings (SSSR count). The zero-order chi connectivity index (χ0) is 29.2. The number of allylic oxidation sites excluding steroid dienone is 1. The van der Waals surface area contributed by atoms with Crippen molar-refractivity contribution >= 4 is 56.8 Å². The van der Waals surface area contributed by atoms with Crippen LogP contribution in [-0.4, -0.2) is 41.1 Å². The van der Waals surface area contributed by atoms with Gasteiger partial charge in [-0.3, -0.25) is 14.5 Å². The SMILES string of the molecule is COc1ccc2c(=O)cc(SC=CC3=C(C(=O)OC(c4ccccc4)c4ccccc4)N4C(=O)[C@@H](N)[C@@H]4SC3)sc2c1. The Morgan fingerprint density at radius 3 is 2.38 bits per heavy atom. The van der Waals surface area contributed by atoms with Gasteiger partial charge in [0, 0.05) is 21.9 Å². The first-order valence-electron chi connectivity index (χ1n) is 13.1. The number of carbonyl (C=O) groups is 2. The fourth-order valence-corrected chi connectivity index (χ4v) is 8.16. The maximum absolute atomic E-state index is 13.9. The van der Waals surface area contributed by atoms with E-state index in [-0.39, 0.29) is 22.4 Å². The number of hydrogen-bond acceptors (Lipinski definition) is 9. The molecule has 0 aliphatic carbocycles. The molecule has 4 aromatic rings. The first kappa shape index (κ1) is 28.3. The highest BCUT2D eigenvalue weighted by molar-refractivity contribution is 8.04. The molecule has 42 heavy (non-hydrogen) atoms. The highest BCUT2D eigenvalue weighted by atomic mass is 32.2. The molecule has 0 radical (unpaired) electrons. The van der Waals surface area contributed by atoms with Crippen LogP contribution in [0.2, 0.25) is 0 Å². The molecule has 1 aromatic heterocycles. The molecule has 0 unspecified atom stereocenters. The molecule has 1 fully saturated rings. The van der Waals surface area contributed by atoms with Crippen LogP contribution >= 0.6 is 34.9 Å². The number of ether oxygens (including phenoxy) is 2. The first-order chi connectivity index (χ1) is 20.4. The Kier molecular flexibility index (Phi) is 8.21. The number of fused-ring (bicyclic) bond motifs is 2. The normalized spacial score (nSPS) is 18.4. The highest BCUT2D eigenvalue weighted by Crippen LogP contribution is 2.41. The Hall–Kier alpha value is -3.83. The molecule has 3 heterocycles. The Labute approximate surface area is 255 Å². The molecule has 2 N–H and O–H groups in total. The Balaban J connectivity index is 1.32. The largest absolute Gasteiger partial charge is 0.497 e. The van der Waals surface area contributed by atoms with Crippen LogP contribution in [0.3, 0.4) is 0 Å². The maximum Gasteiger partial charge on any atom is 0.356 e. The second kappa shape index (κ2) is 12.2. The summed E-state index contributed by atoms with van der Waals surface area (Å²) in [6, 6.07) is 25.3. The van der Waals surface area contributed by atoms with Crippen molar-refractivity contribution in [2.24, 2.45) is 5.73 Å². The standard InChI is InChI=1S/C32H26N2O5S3/c1-38-22-12-13-23-24(35)17-26(42-25(23)16-22)40-15-14-21-18-41-31-27(33)30(36)34(31)28(21)32(37)39-29(19-8-4-2-5-9-19)20-10-6-3-7-11-20/h2-17,27,29,31H,18,33H2,1H3/t27-,31+/m1/s1. The summed E-state index contributed by atoms with van der Waals surface area (Å²) in [5, 5.41) is 2.14. The second-order valence-electron chi connectivity index (χ2n) is 9.63. The van der Waals surface area contributed by atoms with Crippen molar-refractivity contribution in [2.45, 2.75) is 21.7 Å². The Bertz CT molecular complexity index is 1730. The second-order valence-corrected chi connectivity index (χ2v) is 13.0. The fourth-order valence-electron chi connectivity index (χ4n) is 4.89. The third kappa shape index (κ3) is 5.50. The average Bonchev–Trinajstić information content (AvgIpc) is 3.03. The van der Waals surface area contributed by atoms with Crippen molar-refractivity contribution in [3.05, 3.63) is 129 Å². The van der Waals surface area contributed by atoms with Crippen molar-refractivity contribution in [2.75, 3.05) is 12.9 Å². The minimum absolute atomic E-state index is 0.0742. The summed E-state index contributed by atoms with van der Waals surface area (Å²) in [5.41, 5.74) is 8.51. The van der Waals surface area contributed by atoms with Gasteiger partial charge in [-0.25, -0.2) is 4.79 Å². The van der Waals surface area contributed by atoms with Gasteiger partial charge >= 0.3 is 5.97 Å². The third-order valence-electron chi connectivity index (χ3n) is 7.03. The summed E-state index contributed by atoms with van der Waals surface area (Å²) in [5.74, 6) is 0.260. The monoisotopic (exact) mass is 614 g/mol. The van der Waals surface area contributed by atoms with Crippen molar-refractivity contribution in [3.63, 3.8) is 0 Å². The van der Waals surface area contributed by atoms with E-state index >= 15 is 0 Å². The number of hydrogen-bond donors (Lipinski definition) is 1. The van der Waals surface area contributed by atoms with Crippen LogP contribution in [0.5, 0.6) is 5.75 Å². The number of β-lactam (4-membered cyclic amide) rings is 1. The van der Waals surface area contributed by atoms with E-state index in [4.69, 9.17) is 15.2 Å². The molecular weight excluding hydrogens is 589 g/mol. The molecule has 2 atom stereocenters. The van der Waals surface area contributed by atoms with Crippen LogP contribution < -0.4 is 15.9 Å². The molecule has 2 aliphatic heterocycles. The lowest BCUT2D eigenvalue weighted by Gasteiger charge is -2.48. The molecule has 7 nitrogen and oxygen atoms in total. The lowest BCUT2D eigenvalue weighted by atomic mass is 10.0. The van der Waals surface area contributed by atoms with Gasteiger partial charge < -0.3 is 15.2 Å². The minimum atomic E-state index is -0.663. The summed E-state index contributed by atoms with van der Waals surface area (Å²) in [6.07, 6.45) is 1.16. The average molecular weight is 615 g/mol.